The van der Waals surface area contributed by atoms with E-state index in [1.165, 1.54) is 0 Å². The van der Waals surface area contributed by atoms with Gasteiger partial charge in [-0.1, -0.05) is 19.9 Å². The molecule has 0 saturated carbocycles. The van der Waals surface area contributed by atoms with Crippen LogP contribution in [0.4, 0.5) is 4.39 Å². The van der Waals surface area contributed by atoms with E-state index in [4.69, 9.17) is 0 Å². The van der Waals surface area contributed by atoms with Crippen molar-refractivity contribution in [2.24, 2.45) is 5.92 Å². The molecule has 0 bridgehead atoms. The fourth-order valence-corrected chi connectivity index (χ4v) is 2.75. The van der Waals surface area contributed by atoms with E-state index in [2.05, 4.69) is 30.1 Å². The highest BCUT2D eigenvalue weighted by atomic mass is 19.1. The number of carbonyl (C=O) groups excluding carboxylic acids is 1. The largest absolute Gasteiger partial charge is 0.359 e. The second kappa shape index (κ2) is 6.35. The topological polar surface area (TPSA) is 32.3 Å². The number of hydrogen-bond donors (Lipinski definition) is 1. The molecule has 0 radical (unpaired) electrons. The number of halogens is 1. The maximum Gasteiger partial charge on any atom is 0.224 e. The summed E-state index contributed by atoms with van der Waals surface area (Å²) in [6.45, 7) is 6.50. The fourth-order valence-electron chi connectivity index (χ4n) is 2.75. The quantitative estimate of drug-likeness (QED) is 0.918. The van der Waals surface area contributed by atoms with Crippen LogP contribution in [0, 0.1) is 11.7 Å². The Morgan fingerprint density at radius 2 is 2.20 bits per heavy atom. The van der Waals surface area contributed by atoms with Crippen LogP contribution in [-0.2, 0) is 11.3 Å². The second-order valence-electron chi connectivity index (χ2n) is 5.88. The number of benzene rings is 1. The van der Waals surface area contributed by atoms with Gasteiger partial charge in [-0.3, -0.25) is 9.69 Å². The normalized spacial score (nSPS) is 19.6. The van der Waals surface area contributed by atoms with Gasteiger partial charge >= 0.3 is 0 Å². The number of likely N-dealkylation sites (tertiary alicyclic amines) is 1. The molecule has 1 aromatic carbocycles. The molecule has 20 heavy (non-hydrogen) atoms. The summed E-state index contributed by atoms with van der Waals surface area (Å²) in [6, 6.07) is 5.27. The van der Waals surface area contributed by atoms with Crippen molar-refractivity contribution in [3.8, 4) is 0 Å². The molecule has 1 N–H and O–H groups in total. The lowest BCUT2D eigenvalue weighted by atomic mass is 10.0. The molecule has 110 valence electrons. The third-order valence-electron chi connectivity index (χ3n) is 3.94. The SMILES string of the molecule is CNC(=O)C1CCN(Cc2cc(F)cc(C(C)C)c2)C1. The minimum atomic E-state index is -0.173. The summed E-state index contributed by atoms with van der Waals surface area (Å²) in [7, 11) is 1.67. The van der Waals surface area contributed by atoms with Crippen molar-refractivity contribution < 1.29 is 9.18 Å². The monoisotopic (exact) mass is 278 g/mol. The molecule has 4 heteroatoms. The lowest BCUT2D eigenvalue weighted by Crippen LogP contribution is -2.30. The van der Waals surface area contributed by atoms with Crippen molar-refractivity contribution in [1.29, 1.82) is 0 Å². The lowest BCUT2D eigenvalue weighted by molar-refractivity contribution is -0.124. The molecule has 1 amide bonds. The summed E-state index contributed by atoms with van der Waals surface area (Å²) >= 11 is 0. The molecule has 3 nitrogen and oxygen atoms in total. The van der Waals surface area contributed by atoms with Crippen molar-refractivity contribution in [1.82, 2.24) is 10.2 Å². The van der Waals surface area contributed by atoms with Crippen LogP contribution < -0.4 is 5.32 Å². The Hall–Kier alpha value is -1.42. The number of hydrogen-bond acceptors (Lipinski definition) is 2. The first-order chi connectivity index (χ1) is 9.49. The molecular formula is C16H23FN2O. The van der Waals surface area contributed by atoms with Crippen LogP contribution in [-0.4, -0.2) is 30.9 Å². The van der Waals surface area contributed by atoms with Gasteiger partial charge in [0.05, 0.1) is 5.92 Å². The van der Waals surface area contributed by atoms with E-state index in [0.717, 1.165) is 30.6 Å². The molecule has 1 unspecified atom stereocenters. The third-order valence-corrected chi connectivity index (χ3v) is 3.94. The van der Waals surface area contributed by atoms with Gasteiger partial charge in [0.1, 0.15) is 5.82 Å². The highest BCUT2D eigenvalue weighted by Gasteiger charge is 2.27. The first-order valence-electron chi connectivity index (χ1n) is 7.23. The molecule has 1 aromatic rings. The zero-order chi connectivity index (χ0) is 14.7. The number of nitrogens with one attached hydrogen (secondary N) is 1. The molecule has 1 atom stereocenters. The van der Waals surface area contributed by atoms with E-state index in [1.807, 2.05) is 0 Å². The van der Waals surface area contributed by atoms with Crippen LogP contribution in [0.15, 0.2) is 18.2 Å². The van der Waals surface area contributed by atoms with Crippen molar-refractivity contribution in [2.45, 2.75) is 32.7 Å². The maximum absolute atomic E-state index is 13.6. The summed E-state index contributed by atoms with van der Waals surface area (Å²) in [6.07, 6.45) is 0.881. The van der Waals surface area contributed by atoms with E-state index >= 15 is 0 Å². The molecule has 0 aliphatic carbocycles. The zero-order valence-corrected chi connectivity index (χ0v) is 12.4. The lowest BCUT2D eigenvalue weighted by Gasteiger charge is -2.17. The van der Waals surface area contributed by atoms with Gasteiger partial charge in [0.15, 0.2) is 0 Å². The average molecular weight is 278 g/mol. The van der Waals surface area contributed by atoms with Gasteiger partial charge < -0.3 is 5.32 Å². The molecular weight excluding hydrogens is 255 g/mol. The van der Waals surface area contributed by atoms with Gasteiger partial charge in [-0.2, -0.15) is 0 Å². The Morgan fingerprint density at radius 3 is 2.85 bits per heavy atom. The van der Waals surface area contributed by atoms with Crippen LogP contribution in [0.25, 0.3) is 0 Å². The number of amides is 1. The van der Waals surface area contributed by atoms with Crippen molar-refractivity contribution in [2.75, 3.05) is 20.1 Å². The minimum absolute atomic E-state index is 0.0677. The van der Waals surface area contributed by atoms with Gasteiger partial charge in [-0.15, -0.1) is 0 Å². The van der Waals surface area contributed by atoms with Gasteiger partial charge in [0.25, 0.3) is 0 Å². The Kier molecular flexibility index (Phi) is 4.76. The van der Waals surface area contributed by atoms with E-state index in [-0.39, 0.29) is 17.6 Å². The zero-order valence-electron chi connectivity index (χ0n) is 12.4. The Labute approximate surface area is 120 Å². The van der Waals surface area contributed by atoms with E-state index < -0.39 is 0 Å². The van der Waals surface area contributed by atoms with Crippen LogP contribution in [0.3, 0.4) is 0 Å². The standard InChI is InChI=1S/C16H23FN2O/c1-11(2)14-6-12(7-15(17)8-14)9-19-5-4-13(10-19)16(20)18-3/h6-8,11,13H,4-5,9-10H2,1-3H3,(H,18,20). The molecule has 1 fully saturated rings. The van der Waals surface area contributed by atoms with E-state index in [9.17, 15) is 9.18 Å². The molecule has 2 rings (SSSR count). The number of rotatable bonds is 4. The van der Waals surface area contributed by atoms with Crippen LogP contribution in [0.1, 0.15) is 37.3 Å². The summed E-state index contributed by atoms with van der Waals surface area (Å²) < 4.78 is 13.6. The number of carbonyl (C=O) groups is 1. The minimum Gasteiger partial charge on any atom is -0.359 e. The van der Waals surface area contributed by atoms with Crippen LogP contribution in [0.5, 0.6) is 0 Å². The molecule has 1 aliphatic heterocycles. The summed E-state index contributed by atoms with van der Waals surface area (Å²) in [4.78, 5) is 13.8. The van der Waals surface area contributed by atoms with Gasteiger partial charge in [0.2, 0.25) is 5.91 Å². The summed E-state index contributed by atoms with van der Waals surface area (Å²) in [5, 5.41) is 2.70. The molecule has 0 spiro atoms. The molecule has 1 aliphatic rings. The maximum atomic E-state index is 13.6. The highest BCUT2D eigenvalue weighted by Crippen LogP contribution is 2.22. The van der Waals surface area contributed by atoms with Crippen LogP contribution in [0.2, 0.25) is 0 Å². The predicted molar refractivity (Wildman–Crippen MR) is 77.9 cm³/mol. The predicted octanol–water partition coefficient (Wildman–Crippen LogP) is 2.52. The first-order valence-corrected chi connectivity index (χ1v) is 7.23. The Bertz CT molecular complexity index is 487. The van der Waals surface area contributed by atoms with Crippen molar-refractivity contribution in [3.63, 3.8) is 0 Å². The number of nitrogens with zero attached hydrogens (tertiary/aromatic N) is 1. The molecule has 0 aromatic heterocycles. The second-order valence-corrected chi connectivity index (χ2v) is 5.88. The van der Waals surface area contributed by atoms with E-state index in [1.54, 1.807) is 19.2 Å². The summed E-state index contributed by atoms with van der Waals surface area (Å²) in [5.74, 6) is 0.322. The fraction of sp³-hybridized carbons (Fsp3) is 0.562. The molecule has 1 heterocycles. The van der Waals surface area contributed by atoms with E-state index in [0.29, 0.717) is 12.5 Å². The smallest absolute Gasteiger partial charge is 0.224 e. The van der Waals surface area contributed by atoms with Crippen LogP contribution >= 0.6 is 0 Å². The Balaban J connectivity index is 2.02. The highest BCUT2D eigenvalue weighted by molar-refractivity contribution is 5.78. The average Bonchev–Trinajstić information content (AvgIpc) is 2.85. The molecule has 1 saturated heterocycles. The Morgan fingerprint density at radius 1 is 1.45 bits per heavy atom. The first kappa shape index (κ1) is 15.0. The van der Waals surface area contributed by atoms with Gasteiger partial charge in [-0.05, 0) is 42.1 Å². The van der Waals surface area contributed by atoms with Gasteiger partial charge in [-0.25, -0.2) is 4.39 Å². The summed E-state index contributed by atoms with van der Waals surface area (Å²) in [5.41, 5.74) is 2.02. The van der Waals surface area contributed by atoms with Crippen molar-refractivity contribution in [3.05, 3.63) is 35.1 Å². The van der Waals surface area contributed by atoms with Crippen molar-refractivity contribution >= 4 is 5.91 Å². The third kappa shape index (κ3) is 3.57. The van der Waals surface area contributed by atoms with Gasteiger partial charge in [0, 0.05) is 20.1 Å².